The van der Waals surface area contributed by atoms with Crippen molar-refractivity contribution >= 4 is 17.8 Å². The number of hydrogen-bond acceptors (Lipinski definition) is 4. The lowest BCUT2D eigenvalue weighted by atomic mass is 10.2. The van der Waals surface area contributed by atoms with Crippen LogP contribution in [0.5, 0.6) is 0 Å². The van der Waals surface area contributed by atoms with E-state index in [1.807, 2.05) is 13.8 Å². The lowest BCUT2D eigenvalue weighted by molar-refractivity contribution is -0.144. The summed E-state index contributed by atoms with van der Waals surface area (Å²) in [6.07, 6.45) is 0.746. The minimum atomic E-state index is -1.17. The van der Waals surface area contributed by atoms with Crippen LogP contribution < -0.4 is 5.32 Å². The molecule has 0 bridgehead atoms. The van der Waals surface area contributed by atoms with Crippen LogP contribution in [0.1, 0.15) is 27.2 Å². The maximum absolute atomic E-state index is 11.8. The second-order valence-electron chi connectivity index (χ2n) is 4.19. The molecule has 18 heavy (non-hydrogen) atoms. The third kappa shape index (κ3) is 6.19. The number of carboxylic acid groups (broad SMARTS) is 2. The number of rotatable bonds is 8. The quantitative estimate of drug-likeness (QED) is 0.556. The van der Waals surface area contributed by atoms with Crippen LogP contribution in [0.2, 0.25) is 0 Å². The molecule has 0 saturated heterocycles. The molecule has 2 atom stereocenters. The van der Waals surface area contributed by atoms with Gasteiger partial charge >= 0.3 is 11.9 Å². The number of nitrogens with one attached hydrogen (secondary N) is 1. The molecule has 0 aliphatic heterocycles. The van der Waals surface area contributed by atoms with Gasteiger partial charge in [-0.1, -0.05) is 6.92 Å². The van der Waals surface area contributed by atoms with Gasteiger partial charge in [-0.3, -0.25) is 19.3 Å². The summed E-state index contributed by atoms with van der Waals surface area (Å²) >= 11 is 0. The molecule has 0 aliphatic carbocycles. The van der Waals surface area contributed by atoms with Crippen molar-refractivity contribution < 1.29 is 24.6 Å². The van der Waals surface area contributed by atoms with E-state index < -0.39 is 31.1 Å². The molecular formula is C11H20N2O5. The molecule has 0 heterocycles. The summed E-state index contributed by atoms with van der Waals surface area (Å²) in [6.45, 7) is 4.25. The normalized spacial score (nSPS) is 14.0. The van der Waals surface area contributed by atoms with E-state index in [9.17, 15) is 14.4 Å². The average molecular weight is 260 g/mol. The van der Waals surface area contributed by atoms with Crippen LogP contribution in [0.3, 0.4) is 0 Å². The van der Waals surface area contributed by atoms with E-state index in [1.165, 1.54) is 6.92 Å². The standard InChI is InChI=1S/C11H20N2O5/c1-4-7(2)12-11(18)8(3)13(5-9(14)15)6-10(16)17/h7-8H,4-6H2,1-3H3,(H,12,18)(H,14,15)(H,16,17). The van der Waals surface area contributed by atoms with Crippen molar-refractivity contribution in [2.45, 2.75) is 39.3 Å². The Kier molecular flexibility index (Phi) is 6.96. The fourth-order valence-corrected chi connectivity index (χ4v) is 1.31. The second-order valence-corrected chi connectivity index (χ2v) is 4.19. The van der Waals surface area contributed by atoms with Crippen molar-refractivity contribution in [1.82, 2.24) is 10.2 Å². The first-order valence-corrected chi connectivity index (χ1v) is 5.75. The summed E-state index contributed by atoms with van der Waals surface area (Å²) < 4.78 is 0. The Morgan fingerprint density at radius 1 is 1.11 bits per heavy atom. The van der Waals surface area contributed by atoms with Crippen LogP contribution in [0.4, 0.5) is 0 Å². The van der Waals surface area contributed by atoms with Crippen LogP contribution in [-0.4, -0.2) is 58.1 Å². The lowest BCUT2D eigenvalue weighted by Gasteiger charge is -2.26. The van der Waals surface area contributed by atoms with Gasteiger partial charge in [-0.2, -0.15) is 0 Å². The van der Waals surface area contributed by atoms with Crippen molar-refractivity contribution in [2.24, 2.45) is 0 Å². The van der Waals surface area contributed by atoms with E-state index in [0.717, 1.165) is 11.3 Å². The van der Waals surface area contributed by atoms with Crippen LogP contribution in [0.25, 0.3) is 0 Å². The molecule has 0 rings (SSSR count). The first-order chi connectivity index (χ1) is 8.27. The van der Waals surface area contributed by atoms with Gasteiger partial charge in [0.2, 0.25) is 5.91 Å². The summed E-state index contributed by atoms with van der Waals surface area (Å²) in [5.41, 5.74) is 0. The fourth-order valence-electron chi connectivity index (χ4n) is 1.31. The van der Waals surface area contributed by atoms with Gasteiger partial charge in [0.1, 0.15) is 0 Å². The van der Waals surface area contributed by atoms with Crippen molar-refractivity contribution in [3.63, 3.8) is 0 Å². The first-order valence-electron chi connectivity index (χ1n) is 5.75. The molecule has 7 heteroatoms. The average Bonchev–Trinajstić information content (AvgIpc) is 2.25. The molecule has 0 aliphatic rings. The zero-order valence-electron chi connectivity index (χ0n) is 10.8. The Morgan fingerprint density at radius 2 is 1.56 bits per heavy atom. The number of carbonyl (C=O) groups excluding carboxylic acids is 1. The van der Waals surface area contributed by atoms with E-state index in [1.54, 1.807) is 0 Å². The molecule has 0 radical (unpaired) electrons. The van der Waals surface area contributed by atoms with Crippen LogP contribution >= 0.6 is 0 Å². The predicted octanol–water partition coefficient (Wildman–Crippen LogP) is -0.239. The van der Waals surface area contributed by atoms with E-state index in [2.05, 4.69) is 5.32 Å². The minimum absolute atomic E-state index is 0.0311. The summed E-state index contributed by atoms with van der Waals surface area (Å²) in [6, 6.07) is -0.831. The molecule has 0 spiro atoms. The zero-order chi connectivity index (χ0) is 14.3. The summed E-state index contributed by atoms with van der Waals surface area (Å²) in [4.78, 5) is 34.1. The molecule has 1 amide bonds. The smallest absolute Gasteiger partial charge is 0.317 e. The molecule has 0 aromatic rings. The molecular weight excluding hydrogens is 240 g/mol. The lowest BCUT2D eigenvalue weighted by Crippen LogP contribution is -2.50. The molecule has 7 nitrogen and oxygen atoms in total. The highest BCUT2D eigenvalue weighted by atomic mass is 16.4. The van der Waals surface area contributed by atoms with E-state index in [4.69, 9.17) is 10.2 Å². The van der Waals surface area contributed by atoms with Crippen molar-refractivity contribution in [3.05, 3.63) is 0 Å². The summed E-state index contributed by atoms with van der Waals surface area (Å²) in [5, 5.41) is 20.1. The number of hydrogen-bond donors (Lipinski definition) is 3. The minimum Gasteiger partial charge on any atom is -0.480 e. The maximum Gasteiger partial charge on any atom is 0.317 e. The van der Waals surface area contributed by atoms with Crippen LogP contribution in [-0.2, 0) is 14.4 Å². The Hall–Kier alpha value is -1.63. The molecule has 104 valence electrons. The Morgan fingerprint density at radius 3 is 1.89 bits per heavy atom. The number of carboxylic acids is 2. The Balaban J connectivity index is 4.61. The molecule has 0 aromatic carbocycles. The van der Waals surface area contributed by atoms with Crippen molar-refractivity contribution in [2.75, 3.05) is 13.1 Å². The van der Waals surface area contributed by atoms with Gasteiger partial charge in [0, 0.05) is 6.04 Å². The second kappa shape index (κ2) is 7.65. The third-order valence-corrected chi connectivity index (χ3v) is 2.60. The van der Waals surface area contributed by atoms with Gasteiger partial charge < -0.3 is 15.5 Å². The highest BCUT2D eigenvalue weighted by Crippen LogP contribution is 2.01. The maximum atomic E-state index is 11.8. The highest BCUT2D eigenvalue weighted by molar-refractivity contribution is 5.83. The number of amides is 1. The van der Waals surface area contributed by atoms with Gasteiger partial charge in [0.25, 0.3) is 0 Å². The topological polar surface area (TPSA) is 107 Å². The van der Waals surface area contributed by atoms with E-state index in [0.29, 0.717) is 0 Å². The third-order valence-electron chi connectivity index (χ3n) is 2.60. The number of aliphatic carboxylic acids is 2. The summed E-state index contributed by atoms with van der Waals surface area (Å²) in [7, 11) is 0. The van der Waals surface area contributed by atoms with Gasteiger partial charge in [0.15, 0.2) is 0 Å². The first kappa shape index (κ1) is 16.4. The Labute approximate surface area is 106 Å². The van der Waals surface area contributed by atoms with E-state index in [-0.39, 0.29) is 11.9 Å². The zero-order valence-corrected chi connectivity index (χ0v) is 10.8. The SMILES string of the molecule is CCC(C)NC(=O)C(C)N(CC(=O)O)CC(=O)O. The molecule has 0 fully saturated rings. The van der Waals surface area contributed by atoms with Crippen LogP contribution in [0.15, 0.2) is 0 Å². The van der Waals surface area contributed by atoms with Gasteiger partial charge in [-0.25, -0.2) is 0 Å². The van der Waals surface area contributed by atoms with Gasteiger partial charge in [0.05, 0.1) is 19.1 Å². The number of carbonyl (C=O) groups is 3. The Bertz CT molecular complexity index is 303. The van der Waals surface area contributed by atoms with Crippen molar-refractivity contribution in [1.29, 1.82) is 0 Å². The molecule has 0 aromatic heterocycles. The van der Waals surface area contributed by atoms with Gasteiger partial charge in [-0.15, -0.1) is 0 Å². The molecule has 2 unspecified atom stereocenters. The van der Waals surface area contributed by atoms with Gasteiger partial charge in [-0.05, 0) is 20.3 Å². The fraction of sp³-hybridized carbons (Fsp3) is 0.727. The molecule has 3 N–H and O–H groups in total. The molecule has 0 saturated carbocycles. The highest BCUT2D eigenvalue weighted by Gasteiger charge is 2.25. The van der Waals surface area contributed by atoms with Crippen molar-refractivity contribution in [3.8, 4) is 0 Å². The predicted molar refractivity (Wildman–Crippen MR) is 64.2 cm³/mol. The monoisotopic (exact) mass is 260 g/mol. The number of nitrogens with zero attached hydrogens (tertiary/aromatic N) is 1. The van der Waals surface area contributed by atoms with E-state index >= 15 is 0 Å². The largest absolute Gasteiger partial charge is 0.480 e. The summed E-state index contributed by atoms with van der Waals surface area (Å²) in [5.74, 6) is -2.70. The van der Waals surface area contributed by atoms with Crippen LogP contribution in [0, 0.1) is 0 Å².